The average Bonchev–Trinajstić information content (AvgIpc) is 2.74. The molecule has 2 aliphatic rings. The maximum atomic E-state index is 13.0. The highest BCUT2D eigenvalue weighted by Crippen LogP contribution is 2.33. The summed E-state index contributed by atoms with van der Waals surface area (Å²) in [4.78, 5) is 2.45. The Balaban J connectivity index is 1.40. The topological polar surface area (TPSA) is 82.9 Å². The van der Waals surface area contributed by atoms with Gasteiger partial charge in [-0.05, 0) is 29.8 Å². The normalized spacial score (nSPS) is 17.8. The highest BCUT2D eigenvalue weighted by atomic mass is 32.2. The van der Waals surface area contributed by atoms with E-state index in [1.54, 1.807) is 30.3 Å². The van der Waals surface area contributed by atoms with Gasteiger partial charge in [-0.15, -0.1) is 0 Å². The molecule has 2 aromatic rings. The lowest BCUT2D eigenvalue weighted by Gasteiger charge is -2.34. The molecular weight excluding hydrogens is 378 g/mol. The molecule has 2 heterocycles. The van der Waals surface area contributed by atoms with Crippen LogP contribution in [0, 0.1) is 11.3 Å². The van der Waals surface area contributed by atoms with Crippen molar-refractivity contribution in [2.45, 2.75) is 11.4 Å². The van der Waals surface area contributed by atoms with Crippen LogP contribution in [0.3, 0.4) is 0 Å². The molecular formula is C20H21N3O4S. The minimum atomic E-state index is -3.57. The summed E-state index contributed by atoms with van der Waals surface area (Å²) in [6.07, 6.45) is 0. The number of nitriles is 1. The second-order valence-corrected chi connectivity index (χ2v) is 8.73. The van der Waals surface area contributed by atoms with Gasteiger partial charge in [0.15, 0.2) is 11.5 Å². The summed E-state index contributed by atoms with van der Waals surface area (Å²) < 4.78 is 38.5. The van der Waals surface area contributed by atoms with E-state index >= 15 is 0 Å². The standard InChI is InChI=1S/C20H21N3O4S/c21-14-16-1-3-17(4-2-16)15-22-7-9-23(10-8-22)28(24,25)18-5-6-19-20(13-18)27-12-11-26-19/h1-6,13H,7-12,15H2. The summed E-state index contributed by atoms with van der Waals surface area (Å²) in [5, 5.41) is 8.88. The molecule has 0 saturated carbocycles. The van der Waals surface area contributed by atoms with Crippen LogP contribution in [0.2, 0.25) is 0 Å². The molecule has 2 aliphatic heterocycles. The van der Waals surface area contributed by atoms with Crippen molar-refractivity contribution in [1.82, 2.24) is 9.21 Å². The Morgan fingerprint density at radius 1 is 0.929 bits per heavy atom. The first kappa shape index (κ1) is 18.7. The van der Waals surface area contributed by atoms with E-state index in [2.05, 4.69) is 11.0 Å². The van der Waals surface area contributed by atoms with Crippen LogP contribution in [-0.2, 0) is 16.6 Å². The lowest BCUT2D eigenvalue weighted by atomic mass is 10.1. The number of sulfonamides is 1. The predicted molar refractivity (Wildman–Crippen MR) is 103 cm³/mol. The Kier molecular flexibility index (Phi) is 5.22. The minimum absolute atomic E-state index is 0.234. The zero-order chi connectivity index (χ0) is 19.6. The van der Waals surface area contributed by atoms with Crippen LogP contribution in [0.5, 0.6) is 11.5 Å². The van der Waals surface area contributed by atoms with Gasteiger partial charge in [-0.25, -0.2) is 8.42 Å². The van der Waals surface area contributed by atoms with E-state index < -0.39 is 10.0 Å². The van der Waals surface area contributed by atoms with Crippen molar-refractivity contribution in [1.29, 1.82) is 5.26 Å². The molecule has 0 atom stereocenters. The number of rotatable bonds is 4. The monoisotopic (exact) mass is 399 g/mol. The summed E-state index contributed by atoms with van der Waals surface area (Å²) in [6, 6.07) is 14.4. The molecule has 0 unspecified atom stereocenters. The lowest BCUT2D eigenvalue weighted by Crippen LogP contribution is -2.48. The molecule has 4 rings (SSSR count). The summed E-state index contributed by atoms with van der Waals surface area (Å²) >= 11 is 0. The quantitative estimate of drug-likeness (QED) is 0.780. The third-order valence-electron chi connectivity index (χ3n) is 4.97. The van der Waals surface area contributed by atoms with Crippen LogP contribution in [0.4, 0.5) is 0 Å². The van der Waals surface area contributed by atoms with Gasteiger partial charge in [0.1, 0.15) is 13.2 Å². The molecule has 28 heavy (non-hydrogen) atoms. The van der Waals surface area contributed by atoms with Crippen LogP contribution in [0.1, 0.15) is 11.1 Å². The second-order valence-electron chi connectivity index (χ2n) is 6.79. The molecule has 1 fully saturated rings. The fourth-order valence-corrected chi connectivity index (χ4v) is 4.84. The van der Waals surface area contributed by atoms with Gasteiger partial charge < -0.3 is 9.47 Å². The number of hydrogen-bond donors (Lipinski definition) is 0. The second kappa shape index (κ2) is 7.80. The molecule has 0 radical (unpaired) electrons. The largest absolute Gasteiger partial charge is 0.486 e. The van der Waals surface area contributed by atoms with Crippen LogP contribution in [-0.4, -0.2) is 57.0 Å². The molecule has 7 nitrogen and oxygen atoms in total. The number of nitrogens with zero attached hydrogens (tertiary/aromatic N) is 3. The molecule has 1 saturated heterocycles. The number of ether oxygens (including phenoxy) is 2. The number of hydrogen-bond acceptors (Lipinski definition) is 6. The van der Waals surface area contributed by atoms with Gasteiger partial charge in [-0.1, -0.05) is 12.1 Å². The number of benzene rings is 2. The highest BCUT2D eigenvalue weighted by molar-refractivity contribution is 7.89. The summed E-state index contributed by atoms with van der Waals surface area (Å²) in [7, 11) is -3.57. The maximum absolute atomic E-state index is 13.0. The Hall–Kier alpha value is -2.60. The summed E-state index contributed by atoms with van der Waals surface area (Å²) in [5.74, 6) is 1.06. The van der Waals surface area contributed by atoms with E-state index in [9.17, 15) is 8.42 Å². The van der Waals surface area contributed by atoms with Gasteiger partial charge in [-0.3, -0.25) is 4.90 Å². The third-order valence-corrected chi connectivity index (χ3v) is 6.87. The molecule has 0 amide bonds. The summed E-state index contributed by atoms with van der Waals surface area (Å²) in [6.45, 7) is 3.82. The molecule has 146 valence electrons. The van der Waals surface area contributed by atoms with Crippen LogP contribution in [0.25, 0.3) is 0 Å². The van der Waals surface area contributed by atoms with Gasteiger partial charge in [0.25, 0.3) is 0 Å². The molecule has 0 bridgehead atoms. The van der Waals surface area contributed by atoms with Crippen molar-refractivity contribution in [2.75, 3.05) is 39.4 Å². The number of fused-ring (bicyclic) bond motifs is 1. The first-order valence-electron chi connectivity index (χ1n) is 9.17. The van der Waals surface area contributed by atoms with Gasteiger partial charge in [0, 0.05) is 38.8 Å². The zero-order valence-corrected chi connectivity index (χ0v) is 16.2. The van der Waals surface area contributed by atoms with Gasteiger partial charge in [-0.2, -0.15) is 9.57 Å². The van der Waals surface area contributed by atoms with E-state index in [1.807, 2.05) is 12.1 Å². The first-order valence-corrected chi connectivity index (χ1v) is 10.6. The zero-order valence-electron chi connectivity index (χ0n) is 15.4. The Morgan fingerprint density at radius 2 is 1.61 bits per heavy atom. The first-order chi connectivity index (χ1) is 13.6. The third kappa shape index (κ3) is 3.83. The van der Waals surface area contributed by atoms with Crippen molar-refractivity contribution in [3.05, 3.63) is 53.6 Å². The van der Waals surface area contributed by atoms with E-state index in [0.29, 0.717) is 56.5 Å². The van der Waals surface area contributed by atoms with E-state index in [1.165, 1.54) is 4.31 Å². The lowest BCUT2D eigenvalue weighted by molar-refractivity contribution is 0.170. The van der Waals surface area contributed by atoms with Crippen molar-refractivity contribution in [2.24, 2.45) is 0 Å². The van der Waals surface area contributed by atoms with Crippen molar-refractivity contribution < 1.29 is 17.9 Å². The molecule has 0 N–H and O–H groups in total. The fraction of sp³-hybridized carbons (Fsp3) is 0.350. The van der Waals surface area contributed by atoms with Gasteiger partial charge >= 0.3 is 0 Å². The summed E-state index contributed by atoms with van der Waals surface area (Å²) in [5.41, 5.74) is 1.75. The maximum Gasteiger partial charge on any atom is 0.243 e. The van der Waals surface area contributed by atoms with Crippen molar-refractivity contribution in [3.8, 4) is 17.6 Å². The fourth-order valence-electron chi connectivity index (χ4n) is 3.40. The minimum Gasteiger partial charge on any atom is -0.486 e. The Bertz CT molecular complexity index is 991. The average molecular weight is 399 g/mol. The van der Waals surface area contributed by atoms with E-state index in [4.69, 9.17) is 14.7 Å². The molecule has 0 spiro atoms. The van der Waals surface area contributed by atoms with E-state index in [-0.39, 0.29) is 4.90 Å². The SMILES string of the molecule is N#Cc1ccc(CN2CCN(S(=O)(=O)c3ccc4c(c3)OCCO4)CC2)cc1. The van der Waals surface area contributed by atoms with Gasteiger partial charge in [0.2, 0.25) is 10.0 Å². The predicted octanol–water partition coefficient (Wildman–Crippen LogP) is 1.84. The Morgan fingerprint density at radius 3 is 2.29 bits per heavy atom. The van der Waals surface area contributed by atoms with E-state index in [0.717, 1.165) is 12.1 Å². The Labute approximate surface area is 164 Å². The molecule has 0 aromatic heterocycles. The molecule has 2 aromatic carbocycles. The van der Waals surface area contributed by atoms with Crippen LogP contribution < -0.4 is 9.47 Å². The van der Waals surface area contributed by atoms with Gasteiger partial charge in [0.05, 0.1) is 16.5 Å². The number of piperazine rings is 1. The van der Waals surface area contributed by atoms with Crippen LogP contribution >= 0.6 is 0 Å². The van der Waals surface area contributed by atoms with Crippen molar-refractivity contribution in [3.63, 3.8) is 0 Å². The van der Waals surface area contributed by atoms with Crippen LogP contribution in [0.15, 0.2) is 47.4 Å². The highest BCUT2D eigenvalue weighted by Gasteiger charge is 2.29. The smallest absolute Gasteiger partial charge is 0.243 e. The molecule has 0 aliphatic carbocycles. The molecule has 8 heteroatoms. The van der Waals surface area contributed by atoms with Crippen molar-refractivity contribution >= 4 is 10.0 Å².